The monoisotopic (exact) mass is 205 g/mol. The number of hydrogen-bond acceptors (Lipinski definition) is 3. The molecule has 0 aromatic heterocycles. The molecule has 0 spiro atoms. The standard InChI is InChI=1S/C11H11NO3/c1-4-11(2,3)15-10-7-5-6-9(8-10)12(13)14/h1,5-8H,2-3H3. The van der Waals surface area contributed by atoms with Crippen LogP contribution in [0.2, 0.25) is 0 Å². The van der Waals surface area contributed by atoms with E-state index in [1.165, 1.54) is 12.1 Å². The molecule has 4 heteroatoms. The van der Waals surface area contributed by atoms with E-state index in [-0.39, 0.29) is 5.69 Å². The van der Waals surface area contributed by atoms with Gasteiger partial charge in [-0.15, -0.1) is 6.42 Å². The van der Waals surface area contributed by atoms with Gasteiger partial charge in [0, 0.05) is 6.07 Å². The fraction of sp³-hybridized carbons (Fsp3) is 0.273. The average molecular weight is 205 g/mol. The van der Waals surface area contributed by atoms with Crippen LogP contribution in [-0.2, 0) is 0 Å². The third-order valence-electron chi connectivity index (χ3n) is 1.75. The van der Waals surface area contributed by atoms with Crippen LogP contribution < -0.4 is 4.74 Å². The van der Waals surface area contributed by atoms with Crippen molar-refractivity contribution in [2.75, 3.05) is 0 Å². The summed E-state index contributed by atoms with van der Waals surface area (Å²) in [6.45, 7) is 3.43. The Kier molecular flexibility index (Phi) is 2.96. The Morgan fingerprint density at radius 2 is 2.20 bits per heavy atom. The number of non-ortho nitro benzene ring substituents is 1. The second-order valence-electron chi connectivity index (χ2n) is 3.51. The lowest BCUT2D eigenvalue weighted by Gasteiger charge is -2.19. The number of ether oxygens (including phenoxy) is 1. The molecule has 15 heavy (non-hydrogen) atoms. The molecule has 0 aliphatic rings. The molecular weight excluding hydrogens is 194 g/mol. The highest BCUT2D eigenvalue weighted by Crippen LogP contribution is 2.22. The lowest BCUT2D eigenvalue weighted by atomic mass is 10.1. The van der Waals surface area contributed by atoms with E-state index in [9.17, 15) is 10.1 Å². The third-order valence-corrected chi connectivity index (χ3v) is 1.75. The molecule has 0 aliphatic carbocycles. The summed E-state index contributed by atoms with van der Waals surface area (Å²) < 4.78 is 5.40. The number of nitro benzene ring substituents is 1. The van der Waals surface area contributed by atoms with Gasteiger partial charge in [-0.3, -0.25) is 10.1 Å². The Morgan fingerprint density at radius 3 is 2.73 bits per heavy atom. The zero-order valence-electron chi connectivity index (χ0n) is 8.56. The first-order chi connectivity index (χ1) is 6.94. The van der Waals surface area contributed by atoms with Gasteiger partial charge < -0.3 is 4.74 Å². The molecule has 0 heterocycles. The first-order valence-electron chi connectivity index (χ1n) is 4.36. The summed E-state index contributed by atoms with van der Waals surface area (Å²) in [4.78, 5) is 10.0. The van der Waals surface area contributed by atoms with Crippen LogP contribution in [0.1, 0.15) is 13.8 Å². The zero-order chi connectivity index (χ0) is 11.5. The molecular formula is C11H11NO3. The fourth-order valence-corrected chi connectivity index (χ4v) is 0.985. The highest BCUT2D eigenvalue weighted by atomic mass is 16.6. The maximum Gasteiger partial charge on any atom is 0.273 e. The van der Waals surface area contributed by atoms with E-state index in [2.05, 4.69) is 5.92 Å². The maximum atomic E-state index is 10.5. The topological polar surface area (TPSA) is 52.4 Å². The van der Waals surface area contributed by atoms with Crippen LogP contribution in [0.25, 0.3) is 0 Å². The van der Waals surface area contributed by atoms with Crippen molar-refractivity contribution in [2.24, 2.45) is 0 Å². The Morgan fingerprint density at radius 1 is 1.53 bits per heavy atom. The second kappa shape index (κ2) is 4.01. The summed E-state index contributed by atoms with van der Waals surface area (Å²) in [5.41, 5.74) is -0.782. The van der Waals surface area contributed by atoms with Crippen molar-refractivity contribution in [3.05, 3.63) is 34.4 Å². The summed E-state index contributed by atoms with van der Waals surface area (Å²) >= 11 is 0. The minimum Gasteiger partial charge on any atom is -0.475 e. The first-order valence-corrected chi connectivity index (χ1v) is 4.36. The van der Waals surface area contributed by atoms with Gasteiger partial charge in [0.15, 0.2) is 5.60 Å². The maximum absolute atomic E-state index is 10.5. The van der Waals surface area contributed by atoms with Gasteiger partial charge in [-0.05, 0) is 19.9 Å². The van der Waals surface area contributed by atoms with Crippen molar-refractivity contribution in [2.45, 2.75) is 19.4 Å². The molecule has 4 nitrogen and oxygen atoms in total. The van der Waals surface area contributed by atoms with E-state index in [1.54, 1.807) is 26.0 Å². The van der Waals surface area contributed by atoms with Crippen LogP contribution in [-0.4, -0.2) is 10.5 Å². The molecule has 0 saturated heterocycles. The van der Waals surface area contributed by atoms with E-state index in [0.29, 0.717) is 5.75 Å². The molecule has 0 N–H and O–H groups in total. The molecule has 0 atom stereocenters. The molecule has 0 saturated carbocycles. The SMILES string of the molecule is C#CC(C)(C)Oc1cccc([N+](=O)[O-])c1. The largest absolute Gasteiger partial charge is 0.475 e. The van der Waals surface area contributed by atoms with Gasteiger partial charge in [0.1, 0.15) is 5.75 Å². The predicted molar refractivity (Wildman–Crippen MR) is 56.6 cm³/mol. The predicted octanol–water partition coefficient (Wildman–Crippen LogP) is 2.39. The van der Waals surface area contributed by atoms with Gasteiger partial charge in [-0.25, -0.2) is 0 Å². The van der Waals surface area contributed by atoms with Gasteiger partial charge in [0.25, 0.3) is 5.69 Å². The van der Waals surface area contributed by atoms with Crippen LogP contribution in [0.3, 0.4) is 0 Å². The molecule has 0 radical (unpaired) electrons. The number of rotatable bonds is 3. The van der Waals surface area contributed by atoms with E-state index in [4.69, 9.17) is 11.2 Å². The molecule has 0 aliphatic heterocycles. The van der Waals surface area contributed by atoms with Crippen molar-refractivity contribution in [1.82, 2.24) is 0 Å². The molecule has 0 fully saturated rings. The van der Waals surface area contributed by atoms with Crippen LogP contribution in [0.15, 0.2) is 24.3 Å². The van der Waals surface area contributed by atoms with Gasteiger partial charge in [-0.2, -0.15) is 0 Å². The molecule has 1 rings (SSSR count). The van der Waals surface area contributed by atoms with Crippen molar-refractivity contribution in [1.29, 1.82) is 0 Å². The second-order valence-corrected chi connectivity index (χ2v) is 3.51. The van der Waals surface area contributed by atoms with Gasteiger partial charge in [0.05, 0.1) is 11.0 Å². The summed E-state index contributed by atoms with van der Waals surface area (Å²) in [5, 5.41) is 10.5. The Bertz CT molecular complexity index is 418. The molecule has 78 valence electrons. The number of nitrogens with zero attached hydrogens (tertiary/aromatic N) is 1. The molecule has 0 amide bonds. The summed E-state index contributed by atoms with van der Waals surface area (Å²) in [7, 11) is 0. The molecule has 0 bridgehead atoms. The number of nitro groups is 1. The van der Waals surface area contributed by atoms with E-state index < -0.39 is 10.5 Å². The van der Waals surface area contributed by atoms with Crippen molar-refractivity contribution < 1.29 is 9.66 Å². The Balaban J connectivity index is 2.93. The smallest absolute Gasteiger partial charge is 0.273 e. The molecule has 1 aromatic carbocycles. The Labute approximate surface area is 88.0 Å². The highest BCUT2D eigenvalue weighted by Gasteiger charge is 2.16. The zero-order valence-corrected chi connectivity index (χ0v) is 8.56. The first kappa shape index (κ1) is 11.1. The minimum absolute atomic E-state index is 0.0136. The molecule has 0 unspecified atom stereocenters. The van der Waals surface area contributed by atoms with Crippen LogP contribution >= 0.6 is 0 Å². The van der Waals surface area contributed by atoms with Crippen LogP contribution in [0, 0.1) is 22.5 Å². The minimum atomic E-state index is -0.769. The summed E-state index contributed by atoms with van der Waals surface area (Å²) in [6, 6.07) is 5.93. The van der Waals surface area contributed by atoms with E-state index >= 15 is 0 Å². The van der Waals surface area contributed by atoms with Crippen molar-refractivity contribution >= 4 is 5.69 Å². The third kappa shape index (κ3) is 2.99. The quantitative estimate of drug-likeness (QED) is 0.432. The van der Waals surface area contributed by atoms with E-state index in [1.807, 2.05) is 0 Å². The lowest BCUT2D eigenvalue weighted by molar-refractivity contribution is -0.385. The van der Waals surface area contributed by atoms with Crippen molar-refractivity contribution in [3.63, 3.8) is 0 Å². The average Bonchev–Trinajstić information content (AvgIpc) is 2.17. The lowest BCUT2D eigenvalue weighted by Crippen LogP contribution is -2.25. The summed E-state index contributed by atoms with van der Waals surface area (Å²) in [5.74, 6) is 2.84. The number of hydrogen-bond donors (Lipinski definition) is 0. The number of terminal acetylenes is 1. The van der Waals surface area contributed by atoms with Gasteiger partial charge in [-0.1, -0.05) is 12.0 Å². The Hall–Kier alpha value is -2.02. The fourth-order valence-electron chi connectivity index (χ4n) is 0.985. The normalized spacial score (nSPS) is 10.5. The van der Waals surface area contributed by atoms with Gasteiger partial charge in [0.2, 0.25) is 0 Å². The van der Waals surface area contributed by atoms with Gasteiger partial charge >= 0.3 is 0 Å². The summed E-state index contributed by atoms with van der Waals surface area (Å²) in [6.07, 6.45) is 5.24. The van der Waals surface area contributed by atoms with E-state index in [0.717, 1.165) is 0 Å². The molecule has 1 aromatic rings. The van der Waals surface area contributed by atoms with Crippen molar-refractivity contribution in [3.8, 4) is 18.1 Å². The van der Waals surface area contributed by atoms with Crippen LogP contribution in [0.5, 0.6) is 5.75 Å². The highest BCUT2D eigenvalue weighted by molar-refractivity contribution is 5.38. The van der Waals surface area contributed by atoms with Crippen LogP contribution in [0.4, 0.5) is 5.69 Å². The number of benzene rings is 1.